The summed E-state index contributed by atoms with van der Waals surface area (Å²) < 4.78 is 0. The molecular weight excluding hydrogens is 360 g/mol. The van der Waals surface area contributed by atoms with E-state index in [4.69, 9.17) is 0 Å². The van der Waals surface area contributed by atoms with Crippen molar-refractivity contribution in [3.05, 3.63) is 0 Å². The van der Waals surface area contributed by atoms with Crippen molar-refractivity contribution in [1.29, 1.82) is 0 Å². The van der Waals surface area contributed by atoms with E-state index in [1.807, 2.05) is 0 Å². The first-order chi connectivity index (χ1) is 13.9. The van der Waals surface area contributed by atoms with Gasteiger partial charge < -0.3 is 0 Å². The maximum atomic E-state index is 2.62. The molecular formula is C30H58. The first-order valence-electron chi connectivity index (χ1n) is 13.9. The Balaban J connectivity index is 2.06. The van der Waals surface area contributed by atoms with Gasteiger partial charge in [-0.3, -0.25) is 0 Å². The largest absolute Gasteiger partial charge is 0.0651 e. The van der Waals surface area contributed by atoms with Gasteiger partial charge in [0.05, 0.1) is 0 Å². The Hall–Kier alpha value is 0. The van der Waals surface area contributed by atoms with Crippen molar-refractivity contribution in [3.63, 3.8) is 0 Å². The fraction of sp³-hybridized carbons (Fsp3) is 1.00. The van der Waals surface area contributed by atoms with Crippen LogP contribution in [-0.4, -0.2) is 0 Å². The Bertz CT molecular complexity index is 490. The Morgan fingerprint density at radius 1 is 0.533 bits per heavy atom. The molecule has 10 unspecified atom stereocenters. The van der Waals surface area contributed by atoms with Crippen molar-refractivity contribution in [2.45, 2.75) is 115 Å². The molecule has 0 aromatic carbocycles. The smallest absolute Gasteiger partial charge is 0.0323 e. The first kappa shape index (κ1) is 26.3. The molecule has 30 heavy (non-hydrogen) atoms. The van der Waals surface area contributed by atoms with Gasteiger partial charge in [0.15, 0.2) is 0 Å². The van der Waals surface area contributed by atoms with Gasteiger partial charge in [0.1, 0.15) is 0 Å². The van der Waals surface area contributed by atoms with Crippen molar-refractivity contribution in [3.8, 4) is 0 Å². The Morgan fingerprint density at radius 3 is 1.23 bits per heavy atom. The molecule has 0 aliphatic heterocycles. The maximum Gasteiger partial charge on any atom is -0.0323 e. The molecule has 0 amide bonds. The molecule has 0 aromatic heterocycles. The average Bonchev–Trinajstić information content (AvgIpc) is 3.00. The lowest BCUT2D eigenvalue weighted by Crippen LogP contribution is -2.31. The molecule has 2 saturated carbocycles. The first-order valence-corrected chi connectivity index (χ1v) is 13.9. The Kier molecular flexibility index (Phi) is 9.01. The fourth-order valence-electron chi connectivity index (χ4n) is 8.35. The summed E-state index contributed by atoms with van der Waals surface area (Å²) in [5.74, 6) is 10.8. The molecule has 2 fully saturated rings. The van der Waals surface area contributed by atoms with Gasteiger partial charge in [-0.2, -0.15) is 0 Å². The van der Waals surface area contributed by atoms with E-state index < -0.39 is 0 Å². The zero-order valence-corrected chi connectivity index (χ0v) is 23.0. The summed E-state index contributed by atoms with van der Waals surface area (Å²) in [6.45, 7) is 30.4. The second kappa shape index (κ2) is 10.3. The minimum Gasteiger partial charge on any atom is -0.0651 e. The highest BCUT2D eigenvalue weighted by molar-refractivity contribution is 4.94. The summed E-state index contributed by atoms with van der Waals surface area (Å²) in [6, 6.07) is 0. The zero-order valence-electron chi connectivity index (χ0n) is 23.0. The number of rotatable bonds is 9. The summed E-state index contributed by atoms with van der Waals surface area (Å²) in [5.41, 5.74) is 0.465. The molecule has 2 aliphatic carbocycles. The summed E-state index contributed by atoms with van der Waals surface area (Å²) in [6.07, 6.45) is 7.08. The monoisotopic (exact) mass is 418 g/mol. The summed E-state index contributed by atoms with van der Waals surface area (Å²) >= 11 is 0. The molecule has 0 spiro atoms. The fourth-order valence-corrected chi connectivity index (χ4v) is 8.35. The van der Waals surface area contributed by atoms with E-state index in [1.165, 1.54) is 32.1 Å². The molecule has 2 rings (SSSR count). The second-order valence-electron chi connectivity index (χ2n) is 13.2. The van der Waals surface area contributed by atoms with Crippen LogP contribution in [0.15, 0.2) is 0 Å². The molecule has 0 bridgehead atoms. The molecule has 178 valence electrons. The van der Waals surface area contributed by atoms with Crippen LogP contribution in [0, 0.1) is 76.4 Å². The van der Waals surface area contributed by atoms with Crippen LogP contribution >= 0.6 is 0 Å². The predicted octanol–water partition coefficient (Wildman–Crippen LogP) is 9.58. The lowest BCUT2D eigenvalue weighted by molar-refractivity contribution is 0.0958. The molecule has 0 N–H and O–H groups in total. The van der Waals surface area contributed by atoms with Crippen LogP contribution in [0.3, 0.4) is 0 Å². The van der Waals surface area contributed by atoms with Gasteiger partial charge in [-0.25, -0.2) is 0 Å². The highest BCUT2D eigenvalue weighted by Crippen LogP contribution is 2.53. The molecule has 0 heteroatoms. The Labute approximate surface area is 191 Å². The molecule has 0 saturated heterocycles. The van der Waals surface area contributed by atoms with Crippen LogP contribution in [0.1, 0.15) is 115 Å². The third-order valence-corrected chi connectivity index (χ3v) is 11.8. The van der Waals surface area contributed by atoms with Crippen molar-refractivity contribution in [2.75, 3.05) is 0 Å². The van der Waals surface area contributed by atoms with Gasteiger partial charge in [-0.15, -0.1) is 0 Å². The third-order valence-electron chi connectivity index (χ3n) is 11.8. The van der Waals surface area contributed by atoms with E-state index in [-0.39, 0.29) is 0 Å². The van der Waals surface area contributed by atoms with E-state index in [9.17, 15) is 0 Å². The lowest BCUT2D eigenvalue weighted by Gasteiger charge is -2.40. The standard InChI is InChI=1S/C30H58/c1-13-26(15-28-22(7)18(3)19(4)23(28)8)17-30(11,12)27(14-2)16-29-24(9)20(5)21(6)25(29)10/h18-29H,13-17H2,1-12H3. The molecule has 0 heterocycles. The minimum absolute atomic E-state index is 0.465. The van der Waals surface area contributed by atoms with Crippen molar-refractivity contribution < 1.29 is 0 Å². The summed E-state index contributed by atoms with van der Waals surface area (Å²) in [5, 5.41) is 0. The second-order valence-corrected chi connectivity index (χ2v) is 13.2. The number of hydrogen-bond donors (Lipinski definition) is 0. The average molecular weight is 419 g/mol. The Morgan fingerprint density at radius 2 is 0.900 bits per heavy atom. The van der Waals surface area contributed by atoms with E-state index in [0.29, 0.717) is 5.41 Å². The van der Waals surface area contributed by atoms with Crippen LogP contribution in [0.4, 0.5) is 0 Å². The van der Waals surface area contributed by atoms with Crippen molar-refractivity contribution >= 4 is 0 Å². The minimum atomic E-state index is 0.465. The highest BCUT2D eigenvalue weighted by atomic mass is 14.5. The third kappa shape index (κ3) is 5.14. The normalized spacial score (nSPS) is 44.4. The van der Waals surface area contributed by atoms with E-state index in [0.717, 1.165) is 71.0 Å². The molecule has 0 radical (unpaired) electrons. The van der Waals surface area contributed by atoms with Gasteiger partial charge in [-0.05, 0) is 95.7 Å². The van der Waals surface area contributed by atoms with Crippen molar-refractivity contribution in [1.82, 2.24) is 0 Å². The van der Waals surface area contributed by atoms with E-state index in [2.05, 4.69) is 83.1 Å². The van der Waals surface area contributed by atoms with Crippen LogP contribution in [0.2, 0.25) is 0 Å². The highest BCUT2D eigenvalue weighted by Gasteiger charge is 2.45. The van der Waals surface area contributed by atoms with Crippen molar-refractivity contribution in [2.24, 2.45) is 76.4 Å². The molecule has 2 aliphatic rings. The molecule has 0 aromatic rings. The zero-order chi connectivity index (χ0) is 23.0. The summed E-state index contributed by atoms with van der Waals surface area (Å²) in [7, 11) is 0. The van der Waals surface area contributed by atoms with Gasteiger partial charge in [0.25, 0.3) is 0 Å². The van der Waals surface area contributed by atoms with Gasteiger partial charge in [0.2, 0.25) is 0 Å². The van der Waals surface area contributed by atoms with Crippen LogP contribution < -0.4 is 0 Å². The maximum absolute atomic E-state index is 2.62. The number of hydrogen-bond acceptors (Lipinski definition) is 0. The lowest BCUT2D eigenvalue weighted by atomic mass is 9.65. The summed E-state index contributed by atoms with van der Waals surface area (Å²) in [4.78, 5) is 0. The SMILES string of the molecule is CCC(CC1C(C)C(C)C(C)C1C)CC(C)(C)C(CC)CC1C(C)C(C)C(C)C1C. The molecule has 0 nitrogen and oxygen atoms in total. The van der Waals surface area contributed by atoms with Crippen LogP contribution in [-0.2, 0) is 0 Å². The quantitative estimate of drug-likeness (QED) is 0.349. The molecule has 10 atom stereocenters. The van der Waals surface area contributed by atoms with Gasteiger partial charge in [0, 0.05) is 0 Å². The van der Waals surface area contributed by atoms with Crippen LogP contribution in [0.5, 0.6) is 0 Å². The topological polar surface area (TPSA) is 0 Å². The van der Waals surface area contributed by atoms with E-state index >= 15 is 0 Å². The van der Waals surface area contributed by atoms with Gasteiger partial charge >= 0.3 is 0 Å². The van der Waals surface area contributed by atoms with E-state index in [1.54, 1.807) is 0 Å². The predicted molar refractivity (Wildman–Crippen MR) is 135 cm³/mol. The van der Waals surface area contributed by atoms with Gasteiger partial charge in [-0.1, -0.05) is 95.9 Å². The van der Waals surface area contributed by atoms with Crippen LogP contribution in [0.25, 0.3) is 0 Å².